The van der Waals surface area contributed by atoms with E-state index in [1.165, 1.54) is 64.2 Å². The number of aliphatic hydroxyl groups excluding tert-OH is 6. The van der Waals surface area contributed by atoms with Crippen LogP contribution < -0.4 is 0 Å². The second-order valence-electron chi connectivity index (χ2n) is 25.0. The fourth-order valence-electron chi connectivity index (χ4n) is 12.6. The molecule has 3 aliphatic rings. The SMILES string of the molecule is CCC(CC1CC1)n1cc(-c2nc(-c3cnn(C[C@@H](O)CO)c3)cn3nccc23)cn1.CC[C@@H](CC1CC1)n1cc(-c2nc(-c3cnn(C[C@@H](O)CO)c3)cn3nccc23)cn1.CC[C@@H]1CCC[C@@H]1n1cc(-c2nc(-c3cnn(C[C@@H](O)CO)c3)cn3nccc23)cn1. The maximum absolute atomic E-state index is 9.68. The molecule has 0 bridgehead atoms. The summed E-state index contributed by atoms with van der Waals surface area (Å²) in [7, 11) is 0. The van der Waals surface area contributed by atoms with Gasteiger partial charge < -0.3 is 30.6 Å². The monoisotopic (exact) mass is 1260 g/mol. The van der Waals surface area contributed by atoms with Crippen LogP contribution in [0.4, 0.5) is 0 Å². The van der Waals surface area contributed by atoms with Crippen LogP contribution in [0, 0.1) is 17.8 Å². The van der Waals surface area contributed by atoms with Crippen LogP contribution in [0.1, 0.15) is 116 Å². The second-order valence-corrected chi connectivity index (χ2v) is 25.0. The van der Waals surface area contributed by atoms with Gasteiger partial charge in [0.15, 0.2) is 0 Å². The molecule has 3 aliphatic carbocycles. The Bertz CT molecular complexity index is 4220. The van der Waals surface area contributed by atoms with E-state index < -0.39 is 18.3 Å². The molecule has 0 aromatic carbocycles. The minimum absolute atomic E-state index is 0.222. The van der Waals surface area contributed by atoms with Crippen molar-refractivity contribution in [1.82, 2.24) is 102 Å². The van der Waals surface area contributed by atoms with Gasteiger partial charge in [-0.05, 0) is 74.5 Å². The molecule has 27 nitrogen and oxygen atoms in total. The molecular weight excluding hydrogens is 1180 g/mol. The van der Waals surface area contributed by atoms with Crippen molar-refractivity contribution in [2.45, 2.75) is 154 Å². The molecule has 486 valence electrons. The van der Waals surface area contributed by atoms with Gasteiger partial charge in [-0.25, -0.2) is 28.5 Å². The Hall–Kier alpha value is -9.12. The lowest BCUT2D eigenvalue weighted by molar-refractivity contribution is 0.0782. The topological polar surface area (TPSA) is 319 Å². The lowest BCUT2D eigenvalue weighted by Crippen LogP contribution is -2.19. The molecule has 6 N–H and O–H groups in total. The first-order chi connectivity index (χ1) is 45.4. The molecule has 93 heavy (non-hydrogen) atoms. The molecule has 12 heterocycles. The molecule has 3 fully saturated rings. The number of aliphatic hydroxyl groups is 6. The van der Waals surface area contributed by atoms with E-state index in [1.54, 1.807) is 51.2 Å². The van der Waals surface area contributed by atoms with Crippen LogP contribution in [-0.2, 0) is 19.6 Å². The quantitative estimate of drug-likeness (QED) is 0.0319. The normalized spacial score (nSPS) is 17.4. The largest absolute Gasteiger partial charge is 0.394 e. The van der Waals surface area contributed by atoms with Crippen LogP contribution in [0.15, 0.2) is 130 Å². The Kier molecular flexibility index (Phi) is 18.9. The number of rotatable bonds is 25. The van der Waals surface area contributed by atoms with Gasteiger partial charge in [0.2, 0.25) is 0 Å². The van der Waals surface area contributed by atoms with Gasteiger partial charge in [-0.1, -0.05) is 59.3 Å². The van der Waals surface area contributed by atoms with Gasteiger partial charge in [0.05, 0.1) is 201 Å². The van der Waals surface area contributed by atoms with Crippen LogP contribution in [0.3, 0.4) is 0 Å². The average molecular weight is 1260 g/mol. The summed E-state index contributed by atoms with van der Waals surface area (Å²) in [6.45, 7) is 6.44. The summed E-state index contributed by atoms with van der Waals surface area (Å²) in [4.78, 5) is 14.8. The van der Waals surface area contributed by atoms with E-state index in [0.717, 1.165) is 109 Å². The van der Waals surface area contributed by atoms with Crippen molar-refractivity contribution in [1.29, 1.82) is 0 Å². The van der Waals surface area contributed by atoms with Crippen molar-refractivity contribution in [3.8, 4) is 67.5 Å². The van der Waals surface area contributed by atoms with Gasteiger partial charge in [0.1, 0.15) is 0 Å². The first-order valence-corrected chi connectivity index (χ1v) is 32.6. The Labute approximate surface area is 536 Å². The van der Waals surface area contributed by atoms with E-state index >= 15 is 0 Å². The predicted octanol–water partition coefficient (Wildman–Crippen LogP) is 7.68. The third-order valence-electron chi connectivity index (χ3n) is 18.2. The Morgan fingerprint density at radius 2 is 0.796 bits per heavy atom. The van der Waals surface area contributed by atoms with Crippen LogP contribution >= 0.6 is 0 Å². The zero-order chi connectivity index (χ0) is 64.1. The number of fused-ring (bicyclic) bond motifs is 3. The molecular formula is C66H81N21O6. The predicted molar refractivity (Wildman–Crippen MR) is 346 cm³/mol. The van der Waals surface area contributed by atoms with Gasteiger partial charge >= 0.3 is 0 Å². The second kappa shape index (κ2) is 28.0. The van der Waals surface area contributed by atoms with Gasteiger partial charge in [0.25, 0.3) is 0 Å². The highest BCUT2D eigenvalue weighted by Crippen LogP contribution is 2.41. The summed E-state index contributed by atoms with van der Waals surface area (Å²) >= 11 is 0. The minimum atomic E-state index is -0.849. The van der Waals surface area contributed by atoms with Crippen molar-refractivity contribution < 1.29 is 30.6 Å². The summed E-state index contributed by atoms with van der Waals surface area (Å²) in [5.41, 5.74) is 12.8. The molecule has 12 aromatic rings. The smallest absolute Gasteiger partial charge is 0.0999 e. The number of hydrogen-bond donors (Lipinski definition) is 6. The molecule has 7 atom stereocenters. The number of nitrogens with zero attached hydrogens (tertiary/aromatic N) is 21. The maximum Gasteiger partial charge on any atom is 0.0999 e. The molecule has 3 saturated carbocycles. The lowest BCUT2D eigenvalue weighted by Gasteiger charge is -2.18. The van der Waals surface area contributed by atoms with Crippen LogP contribution in [0.25, 0.3) is 84.1 Å². The molecule has 0 aliphatic heterocycles. The lowest BCUT2D eigenvalue weighted by atomic mass is 10.0. The molecule has 27 heteroatoms. The fourth-order valence-corrected chi connectivity index (χ4v) is 12.6. The van der Waals surface area contributed by atoms with Gasteiger partial charge in [-0.2, -0.15) is 45.9 Å². The van der Waals surface area contributed by atoms with Crippen molar-refractivity contribution >= 4 is 16.6 Å². The third-order valence-corrected chi connectivity index (χ3v) is 18.2. The van der Waals surface area contributed by atoms with Crippen molar-refractivity contribution in [2.75, 3.05) is 19.8 Å². The van der Waals surface area contributed by atoms with E-state index in [4.69, 9.17) is 35.4 Å². The van der Waals surface area contributed by atoms with Crippen molar-refractivity contribution in [3.63, 3.8) is 0 Å². The molecule has 0 spiro atoms. The highest BCUT2D eigenvalue weighted by atomic mass is 16.3. The molecule has 0 saturated heterocycles. The van der Waals surface area contributed by atoms with E-state index in [9.17, 15) is 15.3 Å². The third kappa shape index (κ3) is 14.3. The minimum Gasteiger partial charge on any atom is -0.394 e. The van der Waals surface area contributed by atoms with Gasteiger partial charge in [-0.3, -0.25) is 28.1 Å². The molecule has 1 unspecified atom stereocenters. The van der Waals surface area contributed by atoms with Gasteiger partial charge in [-0.15, -0.1) is 0 Å². The molecule has 12 aromatic heterocycles. The van der Waals surface area contributed by atoms with Crippen LogP contribution in [0.5, 0.6) is 0 Å². The summed E-state index contributed by atoms with van der Waals surface area (Å²) in [6.07, 6.45) is 45.6. The molecule has 0 amide bonds. The summed E-state index contributed by atoms with van der Waals surface area (Å²) in [5, 5.41) is 96.3. The highest BCUT2D eigenvalue weighted by molar-refractivity contribution is 5.80. The summed E-state index contributed by atoms with van der Waals surface area (Å²) < 4.78 is 16.6. The van der Waals surface area contributed by atoms with Gasteiger partial charge in [0, 0.05) is 70.6 Å². The van der Waals surface area contributed by atoms with E-state index in [-0.39, 0.29) is 39.5 Å². The number of hydrogen-bond acceptors (Lipinski definition) is 18. The Morgan fingerprint density at radius 1 is 0.419 bits per heavy atom. The van der Waals surface area contributed by atoms with E-state index in [1.807, 2.05) is 87.5 Å². The van der Waals surface area contributed by atoms with Crippen LogP contribution in [0.2, 0.25) is 0 Å². The summed E-state index contributed by atoms with van der Waals surface area (Å²) in [5.74, 6) is 2.38. The number of aromatic nitrogens is 21. The zero-order valence-electron chi connectivity index (χ0n) is 52.6. The first kappa shape index (κ1) is 62.7. The van der Waals surface area contributed by atoms with Crippen molar-refractivity contribution in [3.05, 3.63) is 130 Å². The summed E-state index contributed by atoms with van der Waals surface area (Å²) in [6, 6.07) is 7.15. The van der Waals surface area contributed by atoms with E-state index in [2.05, 4.69) is 94.2 Å². The molecule has 15 rings (SSSR count). The Balaban J connectivity index is 0.000000127. The standard InChI is InChI=1S/3C22H27N7O2/c2*1-2-18(7-15-3-4-15)28-11-17(9-25-28)22-21-5-6-23-29(21)13-20(26-22)16-8-24-27(10-16)12-19(31)14-30;1-2-15-4-3-5-20(15)28-11-17(9-25-28)22-21-6-7-23-29(21)13-19(26-22)16-8-24-27(10-16)12-18(31)14-30/h2*5-6,8-11,13,15,18-19,30-31H,2-4,7,12,14H2,1H3;6-11,13,15,18,20,30-31H,2-5,12,14H2,1H3/t18?,19-;18-,19+;15-,18-,20+/m101/s1. The Morgan fingerprint density at radius 3 is 1.16 bits per heavy atom. The van der Waals surface area contributed by atoms with E-state index in [0.29, 0.717) is 24.0 Å². The highest BCUT2D eigenvalue weighted by Gasteiger charge is 2.30. The van der Waals surface area contributed by atoms with Crippen molar-refractivity contribution in [2.24, 2.45) is 17.8 Å². The first-order valence-electron chi connectivity index (χ1n) is 32.6. The molecule has 0 radical (unpaired) electrons. The van der Waals surface area contributed by atoms with Crippen LogP contribution in [-0.4, -0.2) is 171 Å². The zero-order valence-corrected chi connectivity index (χ0v) is 52.6. The maximum atomic E-state index is 9.68. The average Bonchev–Trinajstić information content (AvgIpc) is 1.75. The fraction of sp³-hybridized carbons (Fsp3) is 0.455.